The van der Waals surface area contributed by atoms with Crippen LogP contribution in [-0.4, -0.2) is 4.98 Å². The number of halogens is 3. The molecule has 0 amide bonds. The van der Waals surface area contributed by atoms with Gasteiger partial charge in [-0.25, -0.2) is 0 Å². The number of rotatable bonds is 0. The Labute approximate surface area is 94.9 Å². The van der Waals surface area contributed by atoms with Crippen molar-refractivity contribution in [3.8, 4) is 0 Å². The van der Waals surface area contributed by atoms with E-state index in [-0.39, 0.29) is 0 Å². The van der Waals surface area contributed by atoms with Crippen molar-refractivity contribution in [3.63, 3.8) is 0 Å². The third-order valence-corrected chi connectivity index (χ3v) is 3.16. The number of H-pyrrole nitrogens is 1. The van der Waals surface area contributed by atoms with E-state index >= 15 is 0 Å². The fourth-order valence-corrected chi connectivity index (χ4v) is 2.91. The van der Waals surface area contributed by atoms with Crippen molar-refractivity contribution in [3.05, 3.63) is 31.7 Å². The van der Waals surface area contributed by atoms with Crippen LogP contribution in [-0.2, 0) is 0 Å². The fraction of sp³-hybridized carbons (Fsp3) is 0. The zero-order chi connectivity index (χ0) is 8.72. The Balaban J connectivity index is 2.88. The van der Waals surface area contributed by atoms with Gasteiger partial charge in [-0.05, 0) is 34.1 Å². The van der Waals surface area contributed by atoms with Crippen LogP contribution in [0.3, 0.4) is 0 Å². The van der Waals surface area contributed by atoms with Crippen molar-refractivity contribution < 1.29 is 0 Å². The van der Waals surface area contributed by atoms with E-state index in [4.69, 9.17) is 0 Å². The molecule has 12 heavy (non-hydrogen) atoms. The number of hydrogen-bond acceptors (Lipinski definition) is 0. The number of hydrogen-bond donors (Lipinski definition) is 1. The molecular formula is C8H4Br3N. The first kappa shape index (κ1) is 8.78. The summed E-state index contributed by atoms with van der Waals surface area (Å²) in [7, 11) is 0. The van der Waals surface area contributed by atoms with Crippen molar-refractivity contribution in [2.45, 2.75) is 0 Å². The zero-order valence-corrected chi connectivity index (χ0v) is 10.6. The summed E-state index contributed by atoms with van der Waals surface area (Å²) in [6.07, 6.45) is 0. The molecule has 0 radical (unpaired) electrons. The Kier molecular flexibility index (Phi) is 2.31. The van der Waals surface area contributed by atoms with Crippen molar-refractivity contribution in [1.82, 2.24) is 4.98 Å². The first-order valence-electron chi connectivity index (χ1n) is 3.30. The predicted molar refractivity (Wildman–Crippen MR) is 61.4 cm³/mol. The lowest BCUT2D eigenvalue weighted by Gasteiger charge is -1.94. The SMILES string of the molecule is Brc1cc(Br)c2cc(Br)[nH]c2c1. The molecule has 1 heterocycles. The third kappa shape index (κ3) is 1.47. The van der Waals surface area contributed by atoms with Crippen LogP contribution in [0.25, 0.3) is 10.9 Å². The summed E-state index contributed by atoms with van der Waals surface area (Å²) in [6, 6.07) is 6.12. The summed E-state index contributed by atoms with van der Waals surface area (Å²) in [6.45, 7) is 0. The molecule has 0 saturated carbocycles. The average molecular weight is 354 g/mol. The van der Waals surface area contributed by atoms with Crippen molar-refractivity contribution in [2.75, 3.05) is 0 Å². The monoisotopic (exact) mass is 351 g/mol. The van der Waals surface area contributed by atoms with E-state index in [1.54, 1.807) is 0 Å². The molecule has 2 aromatic rings. The molecule has 2 rings (SSSR count). The first-order chi connectivity index (χ1) is 5.66. The maximum atomic E-state index is 3.49. The normalized spacial score (nSPS) is 10.9. The van der Waals surface area contributed by atoms with Crippen LogP contribution in [0, 0.1) is 0 Å². The summed E-state index contributed by atoms with van der Waals surface area (Å²) in [5.74, 6) is 0. The van der Waals surface area contributed by atoms with E-state index in [0.717, 1.165) is 19.1 Å². The predicted octanol–water partition coefficient (Wildman–Crippen LogP) is 4.46. The third-order valence-electron chi connectivity index (χ3n) is 1.62. The molecule has 1 aromatic heterocycles. The minimum Gasteiger partial charge on any atom is -0.349 e. The van der Waals surface area contributed by atoms with Gasteiger partial charge >= 0.3 is 0 Å². The summed E-state index contributed by atoms with van der Waals surface area (Å²) < 4.78 is 3.15. The number of benzene rings is 1. The molecule has 0 spiro atoms. The molecule has 1 nitrogen and oxygen atoms in total. The number of fused-ring (bicyclic) bond motifs is 1. The van der Waals surface area contributed by atoms with E-state index < -0.39 is 0 Å². The second-order valence-electron chi connectivity index (χ2n) is 2.47. The lowest BCUT2D eigenvalue weighted by atomic mass is 10.2. The highest BCUT2D eigenvalue weighted by Gasteiger charge is 2.03. The highest BCUT2D eigenvalue weighted by atomic mass is 79.9. The van der Waals surface area contributed by atoms with Crippen LogP contribution in [0.5, 0.6) is 0 Å². The molecule has 4 heteroatoms. The van der Waals surface area contributed by atoms with Gasteiger partial charge in [0.15, 0.2) is 0 Å². The van der Waals surface area contributed by atoms with Gasteiger partial charge in [0.1, 0.15) is 0 Å². The minimum absolute atomic E-state index is 0.997. The smallest absolute Gasteiger partial charge is 0.0831 e. The molecule has 0 fully saturated rings. The van der Waals surface area contributed by atoms with E-state index in [2.05, 4.69) is 52.8 Å². The van der Waals surface area contributed by atoms with Gasteiger partial charge in [0, 0.05) is 19.8 Å². The van der Waals surface area contributed by atoms with Crippen LogP contribution in [0.4, 0.5) is 0 Å². The standard InChI is InChI=1S/C8H4Br3N/c9-4-1-6(10)5-3-8(11)12-7(5)2-4/h1-3,12H. The van der Waals surface area contributed by atoms with Gasteiger partial charge in [0.2, 0.25) is 0 Å². The van der Waals surface area contributed by atoms with Crippen LogP contribution in [0.1, 0.15) is 0 Å². The maximum Gasteiger partial charge on any atom is 0.0831 e. The highest BCUT2D eigenvalue weighted by Crippen LogP contribution is 2.30. The van der Waals surface area contributed by atoms with E-state index in [0.29, 0.717) is 0 Å². The summed E-state index contributed by atoms with van der Waals surface area (Å²) in [5, 5.41) is 1.19. The second-order valence-corrected chi connectivity index (χ2v) is 5.09. The summed E-state index contributed by atoms with van der Waals surface area (Å²) in [4.78, 5) is 3.20. The van der Waals surface area contributed by atoms with Crippen molar-refractivity contribution in [2.24, 2.45) is 0 Å². The largest absolute Gasteiger partial charge is 0.349 e. The fourth-order valence-electron chi connectivity index (χ4n) is 1.13. The van der Waals surface area contributed by atoms with Gasteiger partial charge in [0.05, 0.1) is 4.60 Å². The molecule has 0 aliphatic carbocycles. The molecule has 1 N–H and O–H groups in total. The van der Waals surface area contributed by atoms with Crippen LogP contribution in [0.15, 0.2) is 31.7 Å². The highest BCUT2D eigenvalue weighted by molar-refractivity contribution is 9.11. The van der Waals surface area contributed by atoms with E-state index in [1.807, 2.05) is 18.2 Å². The first-order valence-corrected chi connectivity index (χ1v) is 5.68. The molecule has 0 aliphatic heterocycles. The lowest BCUT2D eigenvalue weighted by Crippen LogP contribution is -1.70. The van der Waals surface area contributed by atoms with Crippen LogP contribution < -0.4 is 0 Å². The van der Waals surface area contributed by atoms with Gasteiger partial charge < -0.3 is 4.98 Å². The average Bonchev–Trinajstić information content (AvgIpc) is 2.29. The Morgan fingerprint density at radius 3 is 2.50 bits per heavy atom. The molecule has 0 saturated heterocycles. The number of aromatic amines is 1. The van der Waals surface area contributed by atoms with E-state index in [9.17, 15) is 0 Å². The molecular weight excluding hydrogens is 350 g/mol. The van der Waals surface area contributed by atoms with Crippen molar-refractivity contribution in [1.29, 1.82) is 0 Å². The molecule has 0 aliphatic rings. The minimum atomic E-state index is 0.997. The topological polar surface area (TPSA) is 15.8 Å². The number of nitrogens with one attached hydrogen (secondary N) is 1. The Morgan fingerprint density at radius 1 is 1.00 bits per heavy atom. The Bertz CT molecular complexity index is 433. The molecule has 62 valence electrons. The van der Waals surface area contributed by atoms with Gasteiger partial charge in [0.25, 0.3) is 0 Å². The molecule has 1 aromatic carbocycles. The van der Waals surface area contributed by atoms with Gasteiger partial charge in [-0.1, -0.05) is 31.9 Å². The molecule has 0 atom stereocenters. The zero-order valence-electron chi connectivity index (χ0n) is 5.87. The van der Waals surface area contributed by atoms with Crippen LogP contribution in [0.2, 0.25) is 0 Å². The molecule has 0 bridgehead atoms. The summed E-state index contributed by atoms with van der Waals surface area (Å²) >= 11 is 10.3. The quantitative estimate of drug-likeness (QED) is 0.720. The molecule has 0 unspecified atom stereocenters. The van der Waals surface area contributed by atoms with E-state index in [1.165, 1.54) is 5.39 Å². The Morgan fingerprint density at radius 2 is 1.75 bits per heavy atom. The maximum absolute atomic E-state index is 3.49. The Hall–Kier alpha value is 0.200. The van der Waals surface area contributed by atoms with Crippen LogP contribution >= 0.6 is 47.8 Å². The van der Waals surface area contributed by atoms with Crippen molar-refractivity contribution >= 4 is 58.7 Å². The van der Waals surface area contributed by atoms with Gasteiger partial charge in [-0.3, -0.25) is 0 Å². The summed E-state index contributed by atoms with van der Waals surface area (Å²) in [5.41, 5.74) is 1.11. The second kappa shape index (κ2) is 3.16. The number of aromatic nitrogens is 1. The van der Waals surface area contributed by atoms with Gasteiger partial charge in [-0.2, -0.15) is 0 Å². The lowest BCUT2D eigenvalue weighted by molar-refractivity contribution is 1.41. The van der Waals surface area contributed by atoms with Gasteiger partial charge in [-0.15, -0.1) is 0 Å².